The summed E-state index contributed by atoms with van der Waals surface area (Å²) in [6.07, 6.45) is 0.801. The molecule has 1 aromatic rings. The Morgan fingerprint density at radius 3 is 2.24 bits per heavy atom. The van der Waals surface area contributed by atoms with E-state index in [4.69, 9.17) is 4.74 Å². The van der Waals surface area contributed by atoms with E-state index in [9.17, 15) is 14.4 Å². The number of carbonyl (C=O) groups is 3. The summed E-state index contributed by atoms with van der Waals surface area (Å²) < 4.78 is 5.43. The van der Waals surface area contributed by atoms with Gasteiger partial charge in [0.15, 0.2) is 0 Å². The molecular formula is C25H40N4O4. The SMILES string of the molecule is CCOc1ccc(C(=O)NC(C(=O)N2CCCN(CC(=O)N(CC)CC)CC2)C(C)C)cc1. The van der Waals surface area contributed by atoms with Crippen molar-refractivity contribution in [3.8, 4) is 5.75 Å². The third-order valence-electron chi connectivity index (χ3n) is 6.02. The normalized spacial score (nSPS) is 15.6. The van der Waals surface area contributed by atoms with Crippen molar-refractivity contribution in [3.63, 3.8) is 0 Å². The molecule has 0 spiro atoms. The lowest BCUT2D eigenvalue weighted by atomic mass is 10.0. The van der Waals surface area contributed by atoms with Gasteiger partial charge in [-0.2, -0.15) is 0 Å². The number of amides is 3. The van der Waals surface area contributed by atoms with Gasteiger partial charge in [-0.3, -0.25) is 19.3 Å². The van der Waals surface area contributed by atoms with Crippen LogP contribution in [-0.2, 0) is 9.59 Å². The highest BCUT2D eigenvalue weighted by Crippen LogP contribution is 2.14. The summed E-state index contributed by atoms with van der Waals surface area (Å²) >= 11 is 0. The summed E-state index contributed by atoms with van der Waals surface area (Å²) in [6.45, 7) is 14.7. The van der Waals surface area contributed by atoms with Crippen molar-refractivity contribution in [2.45, 2.75) is 47.1 Å². The van der Waals surface area contributed by atoms with Crippen LogP contribution in [0.15, 0.2) is 24.3 Å². The predicted molar refractivity (Wildman–Crippen MR) is 129 cm³/mol. The molecule has 3 amide bonds. The number of likely N-dealkylation sites (N-methyl/N-ethyl adjacent to an activating group) is 1. The Kier molecular flexibility index (Phi) is 10.6. The molecule has 1 aromatic carbocycles. The van der Waals surface area contributed by atoms with E-state index >= 15 is 0 Å². The van der Waals surface area contributed by atoms with E-state index in [1.165, 1.54) is 0 Å². The van der Waals surface area contributed by atoms with Gasteiger partial charge in [0, 0.05) is 44.8 Å². The fraction of sp³-hybridized carbons (Fsp3) is 0.640. The van der Waals surface area contributed by atoms with Crippen molar-refractivity contribution < 1.29 is 19.1 Å². The summed E-state index contributed by atoms with van der Waals surface area (Å²) in [4.78, 5) is 44.4. The van der Waals surface area contributed by atoms with E-state index in [0.29, 0.717) is 57.2 Å². The van der Waals surface area contributed by atoms with Crippen LogP contribution in [-0.4, -0.2) is 90.9 Å². The lowest BCUT2D eigenvalue weighted by Gasteiger charge is -2.29. The van der Waals surface area contributed by atoms with Gasteiger partial charge in [-0.25, -0.2) is 0 Å². The number of nitrogens with zero attached hydrogens (tertiary/aromatic N) is 3. The van der Waals surface area contributed by atoms with E-state index in [1.807, 2.05) is 44.4 Å². The molecule has 1 fully saturated rings. The van der Waals surface area contributed by atoms with Crippen LogP contribution >= 0.6 is 0 Å². The monoisotopic (exact) mass is 460 g/mol. The Labute approximate surface area is 198 Å². The van der Waals surface area contributed by atoms with Crippen molar-refractivity contribution in [2.24, 2.45) is 5.92 Å². The van der Waals surface area contributed by atoms with Gasteiger partial charge in [-0.15, -0.1) is 0 Å². The standard InChI is InChI=1S/C25H40N4O4/c1-6-28(7-2)22(30)18-27-14-9-15-29(17-16-27)25(32)23(19(4)5)26-24(31)20-10-12-21(13-11-20)33-8-3/h10-13,19,23H,6-9,14-18H2,1-5H3,(H,26,31). The number of rotatable bonds is 10. The average molecular weight is 461 g/mol. The highest BCUT2D eigenvalue weighted by Gasteiger charge is 2.30. The number of hydrogen-bond acceptors (Lipinski definition) is 5. The zero-order chi connectivity index (χ0) is 24.4. The molecule has 1 N–H and O–H groups in total. The zero-order valence-electron chi connectivity index (χ0n) is 20.8. The maximum atomic E-state index is 13.3. The van der Waals surface area contributed by atoms with Gasteiger partial charge in [0.1, 0.15) is 11.8 Å². The molecule has 33 heavy (non-hydrogen) atoms. The fourth-order valence-electron chi connectivity index (χ4n) is 4.02. The summed E-state index contributed by atoms with van der Waals surface area (Å²) in [5, 5.41) is 2.93. The van der Waals surface area contributed by atoms with Crippen LogP contribution in [0, 0.1) is 5.92 Å². The van der Waals surface area contributed by atoms with Gasteiger partial charge in [0.05, 0.1) is 13.2 Å². The molecule has 0 saturated carbocycles. The first-order valence-electron chi connectivity index (χ1n) is 12.1. The Morgan fingerprint density at radius 2 is 1.67 bits per heavy atom. The number of benzene rings is 1. The van der Waals surface area contributed by atoms with Gasteiger partial charge in [0.2, 0.25) is 11.8 Å². The number of nitrogens with one attached hydrogen (secondary N) is 1. The van der Waals surface area contributed by atoms with E-state index < -0.39 is 6.04 Å². The van der Waals surface area contributed by atoms with Gasteiger partial charge >= 0.3 is 0 Å². The quantitative estimate of drug-likeness (QED) is 0.579. The lowest BCUT2D eigenvalue weighted by molar-refractivity contribution is -0.134. The Hall–Kier alpha value is -2.61. The fourth-order valence-corrected chi connectivity index (χ4v) is 4.02. The highest BCUT2D eigenvalue weighted by atomic mass is 16.5. The van der Waals surface area contributed by atoms with Crippen LogP contribution in [0.3, 0.4) is 0 Å². The van der Waals surface area contributed by atoms with E-state index in [-0.39, 0.29) is 23.6 Å². The molecule has 1 unspecified atom stereocenters. The summed E-state index contributed by atoms with van der Waals surface area (Å²) in [5.74, 6) is 0.446. The van der Waals surface area contributed by atoms with Gasteiger partial charge in [-0.1, -0.05) is 13.8 Å². The van der Waals surface area contributed by atoms with E-state index in [1.54, 1.807) is 24.3 Å². The first-order valence-corrected chi connectivity index (χ1v) is 12.1. The molecule has 8 nitrogen and oxygen atoms in total. The van der Waals surface area contributed by atoms with E-state index in [0.717, 1.165) is 13.0 Å². The molecule has 0 radical (unpaired) electrons. The van der Waals surface area contributed by atoms with Crippen LogP contribution in [0.25, 0.3) is 0 Å². The molecule has 1 atom stereocenters. The van der Waals surface area contributed by atoms with Crippen molar-refractivity contribution in [1.29, 1.82) is 0 Å². The molecule has 1 aliphatic rings. The molecule has 8 heteroatoms. The Balaban J connectivity index is 1.98. The number of ether oxygens (including phenoxy) is 1. The summed E-state index contributed by atoms with van der Waals surface area (Å²) in [7, 11) is 0. The molecule has 1 heterocycles. The van der Waals surface area contributed by atoms with Crippen LogP contribution in [0.5, 0.6) is 5.75 Å². The van der Waals surface area contributed by atoms with Crippen molar-refractivity contribution in [3.05, 3.63) is 29.8 Å². The smallest absolute Gasteiger partial charge is 0.251 e. The molecule has 0 aliphatic carbocycles. The first kappa shape index (κ1) is 26.6. The summed E-state index contributed by atoms with van der Waals surface area (Å²) in [6, 6.07) is 6.33. The third-order valence-corrected chi connectivity index (χ3v) is 6.02. The van der Waals surface area contributed by atoms with Gasteiger partial charge in [-0.05, 0) is 57.4 Å². The lowest BCUT2D eigenvalue weighted by Crippen LogP contribution is -2.52. The molecular weight excluding hydrogens is 420 g/mol. The van der Waals surface area contributed by atoms with Crippen molar-refractivity contribution in [2.75, 3.05) is 52.4 Å². The zero-order valence-corrected chi connectivity index (χ0v) is 20.8. The topological polar surface area (TPSA) is 82.2 Å². The maximum Gasteiger partial charge on any atom is 0.251 e. The van der Waals surface area contributed by atoms with Crippen LogP contribution in [0.1, 0.15) is 51.4 Å². The number of carbonyl (C=O) groups excluding carboxylic acids is 3. The van der Waals surface area contributed by atoms with Gasteiger partial charge in [0.25, 0.3) is 5.91 Å². The number of hydrogen-bond donors (Lipinski definition) is 1. The molecule has 0 aromatic heterocycles. The minimum atomic E-state index is -0.604. The minimum absolute atomic E-state index is 0.0484. The van der Waals surface area contributed by atoms with Crippen LogP contribution in [0.2, 0.25) is 0 Å². The Morgan fingerprint density at radius 1 is 1.00 bits per heavy atom. The average Bonchev–Trinajstić information content (AvgIpc) is 3.03. The summed E-state index contributed by atoms with van der Waals surface area (Å²) in [5.41, 5.74) is 0.494. The van der Waals surface area contributed by atoms with Crippen LogP contribution < -0.4 is 10.1 Å². The van der Waals surface area contributed by atoms with Crippen molar-refractivity contribution >= 4 is 17.7 Å². The minimum Gasteiger partial charge on any atom is -0.494 e. The second kappa shape index (κ2) is 13.2. The second-order valence-corrected chi connectivity index (χ2v) is 8.67. The second-order valence-electron chi connectivity index (χ2n) is 8.67. The molecule has 0 bridgehead atoms. The first-order chi connectivity index (χ1) is 15.8. The van der Waals surface area contributed by atoms with Gasteiger partial charge < -0.3 is 19.9 Å². The third kappa shape index (κ3) is 7.74. The molecule has 184 valence electrons. The molecule has 2 rings (SSSR count). The Bertz CT molecular complexity index is 777. The molecule has 1 aliphatic heterocycles. The van der Waals surface area contributed by atoms with E-state index in [2.05, 4.69) is 10.2 Å². The largest absolute Gasteiger partial charge is 0.494 e. The highest BCUT2D eigenvalue weighted by molar-refractivity contribution is 5.97. The van der Waals surface area contributed by atoms with Crippen LogP contribution in [0.4, 0.5) is 0 Å². The maximum absolute atomic E-state index is 13.3. The molecule has 1 saturated heterocycles. The predicted octanol–water partition coefficient (Wildman–Crippen LogP) is 2.24. The van der Waals surface area contributed by atoms with Crippen molar-refractivity contribution in [1.82, 2.24) is 20.0 Å².